The van der Waals surface area contributed by atoms with Gasteiger partial charge in [0.1, 0.15) is 0 Å². The van der Waals surface area contributed by atoms with E-state index in [0.29, 0.717) is 10.8 Å². The van der Waals surface area contributed by atoms with Gasteiger partial charge in [0.05, 0.1) is 0 Å². The molecule has 1 fully saturated rings. The SMILES string of the molecule is CC1C=C(B2CC(C)(C)C(C)(C)C2)CCC1. The minimum absolute atomic E-state index is 0.513. The molecule has 1 unspecified atom stereocenters. The van der Waals surface area contributed by atoms with E-state index in [2.05, 4.69) is 40.7 Å². The average molecular weight is 218 g/mol. The predicted octanol–water partition coefficient (Wildman–Crippen LogP) is 4.83. The Labute approximate surface area is 102 Å². The van der Waals surface area contributed by atoms with E-state index in [-0.39, 0.29) is 0 Å². The van der Waals surface area contributed by atoms with Crippen molar-refractivity contribution in [3.8, 4) is 0 Å². The van der Waals surface area contributed by atoms with Crippen LogP contribution < -0.4 is 0 Å². The molecule has 0 saturated carbocycles. The third-order valence-electron chi connectivity index (χ3n) is 5.49. The van der Waals surface area contributed by atoms with Gasteiger partial charge in [0, 0.05) is 0 Å². The number of rotatable bonds is 1. The highest BCUT2D eigenvalue weighted by Crippen LogP contribution is 2.54. The van der Waals surface area contributed by atoms with Gasteiger partial charge in [-0.25, -0.2) is 0 Å². The topological polar surface area (TPSA) is 0 Å². The lowest BCUT2D eigenvalue weighted by Crippen LogP contribution is -2.24. The Balaban J connectivity index is 2.14. The third kappa shape index (κ3) is 2.10. The maximum Gasteiger partial charge on any atom is 0.171 e. The van der Waals surface area contributed by atoms with Gasteiger partial charge in [-0.2, -0.15) is 0 Å². The summed E-state index contributed by atoms with van der Waals surface area (Å²) in [4.78, 5) is 0. The highest BCUT2D eigenvalue weighted by molar-refractivity contribution is 6.68. The van der Waals surface area contributed by atoms with Crippen LogP contribution in [0.5, 0.6) is 0 Å². The molecule has 1 aliphatic heterocycles. The summed E-state index contributed by atoms with van der Waals surface area (Å²) in [5, 5.41) is 0. The predicted molar refractivity (Wildman–Crippen MR) is 74.0 cm³/mol. The quantitative estimate of drug-likeness (QED) is 0.553. The molecule has 0 bridgehead atoms. The first kappa shape index (κ1) is 12.3. The minimum Gasteiger partial charge on any atom is -0.105 e. The first-order valence-electron chi connectivity index (χ1n) is 7.02. The molecule has 2 aliphatic rings. The summed E-state index contributed by atoms with van der Waals surface area (Å²) in [5.74, 6) is 0.829. The molecular formula is C15H27B. The standard InChI is InChI=1S/C15H27B/c1-12-7-6-8-13(9-12)16-10-14(2,3)15(4,5)11-16/h9,12H,6-8,10-11H2,1-5H3. The van der Waals surface area contributed by atoms with Gasteiger partial charge in [-0.3, -0.25) is 0 Å². The molecule has 90 valence electrons. The Hall–Kier alpha value is -0.195. The Morgan fingerprint density at radius 2 is 1.69 bits per heavy atom. The smallest absolute Gasteiger partial charge is 0.105 e. The van der Waals surface area contributed by atoms with E-state index < -0.39 is 0 Å². The minimum atomic E-state index is 0.513. The summed E-state index contributed by atoms with van der Waals surface area (Å²) in [6.45, 7) is 13.1. The van der Waals surface area contributed by atoms with Gasteiger partial charge >= 0.3 is 0 Å². The van der Waals surface area contributed by atoms with Gasteiger partial charge in [0.2, 0.25) is 0 Å². The molecule has 0 aromatic carbocycles. The average Bonchev–Trinajstić information content (AvgIpc) is 2.36. The lowest BCUT2D eigenvalue weighted by Gasteiger charge is -2.35. The van der Waals surface area contributed by atoms with Crippen molar-refractivity contribution in [2.75, 3.05) is 0 Å². The highest BCUT2D eigenvalue weighted by Gasteiger charge is 2.48. The van der Waals surface area contributed by atoms with Crippen molar-refractivity contribution < 1.29 is 0 Å². The number of hydrogen-bond donors (Lipinski definition) is 0. The zero-order chi connectivity index (χ0) is 12.0. The first-order valence-corrected chi connectivity index (χ1v) is 7.02. The van der Waals surface area contributed by atoms with Gasteiger partial charge in [0.15, 0.2) is 6.71 Å². The van der Waals surface area contributed by atoms with E-state index in [1.54, 1.807) is 5.47 Å². The van der Waals surface area contributed by atoms with Gasteiger partial charge in [-0.1, -0.05) is 53.3 Å². The Morgan fingerprint density at radius 3 is 2.19 bits per heavy atom. The lowest BCUT2D eigenvalue weighted by molar-refractivity contribution is 0.177. The van der Waals surface area contributed by atoms with E-state index in [4.69, 9.17) is 0 Å². The molecule has 1 aliphatic carbocycles. The van der Waals surface area contributed by atoms with Crippen LogP contribution >= 0.6 is 0 Å². The van der Waals surface area contributed by atoms with Crippen molar-refractivity contribution >= 4 is 6.71 Å². The summed E-state index contributed by atoms with van der Waals surface area (Å²) < 4.78 is 0. The van der Waals surface area contributed by atoms with Crippen molar-refractivity contribution in [3.63, 3.8) is 0 Å². The molecule has 16 heavy (non-hydrogen) atoms. The summed E-state index contributed by atoms with van der Waals surface area (Å²) >= 11 is 0. The molecule has 0 aromatic heterocycles. The summed E-state index contributed by atoms with van der Waals surface area (Å²) in [5.41, 5.74) is 2.82. The molecule has 0 N–H and O–H groups in total. The molecule has 0 amide bonds. The highest BCUT2D eigenvalue weighted by atomic mass is 14.4. The van der Waals surface area contributed by atoms with Crippen LogP contribution in [0.25, 0.3) is 0 Å². The van der Waals surface area contributed by atoms with Crippen LogP contribution in [0.4, 0.5) is 0 Å². The maximum atomic E-state index is 2.59. The zero-order valence-corrected chi connectivity index (χ0v) is 11.8. The van der Waals surface area contributed by atoms with Crippen molar-refractivity contribution in [3.05, 3.63) is 11.5 Å². The fraction of sp³-hybridized carbons (Fsp3) is 0.867. The lowest BCUT2D eigenvalue weighted by atomic mass is 9.40. The Morgan fingerprint density at radius 1 is 1.12 bits per heavy atom. The van der Waals surface area contributed by atoms with E-state index in [9.17, 15) is 0 Å². The second kappa shape index (κ2) is 3.93. The summed E-state index contributed by atoms with van der Waals surface area (Å²) in [6, 6.07) is 0. The molecule has 1 heteroatoms. The second-order valence-electron chi connectivity index (χ2n) is 7.48. The third-order valence-corrected chi connectivity index (χ3v) is 5.49. The molecule has 1 saturated heterocycles. The van der Waals surface area contributed by atoms with Crippen LogP contribution in [0, 0.1) is 16.7 Å². The fourth-order valence-electron chi connectivity index (χ4n) is 3.62. The monoisotopic (exact) mass is 218 g/mol. The van der Waals surface area contributed by atoms with E-state index in [1.807, 2.05) is 0 Å². The zero-order valence-electron chi connectivity index (χ0n) is 11.8. The van der Waals surface area contributed by atoms with Crippen molar-refractivity contribution in [1.29, 1.82) is 0 Å². The molecule has 1 atom stereocenters. The van der Waals surface area contributed by atoms with Crippen molar-refractivity contribution in [2.24, 2.45) is 16.7 Å². The molecule has 0 spiro atoms. The van der Waals surface area contributed by atoms with Crippen LogP contribution in [0.2, 0.25) is 12.6 Å². The Kier molecular flexibility index (Phi) is 3.01. The van der Waals surface area contributed by atoms with Gasteiger partial charge in [-0.05, 0) is 36.0 Å². The molecular weight excluding hydrogens is 191 g/mol. The van der Waals surface area contributed by atoms with Crippen LogP contribution in [0.3, 0.4) is 0 Å². The summed E-state index contributed by atoms with van der Waals surface area (Å²) in [7, 11) is 0. The molecule has 0 radical (unpaired) electrons. The largest absolute Gasteiger partial charge is 0.171 e. The number of allylic oxidation sites excluding steroid dienone is 2. The summed E-state index contributed by atoms with van der Waals surface area (Å²) in [6.07, 6.45) is 9.59. The Bertz CT molecular complexity index is 283. The molecule has 0 nitrogen and oxygen atoms in total. The second-order valence-corrected chi connectivity index (χ2v) is 7.48. The van der Waals surface area contributed by atoms with Crippen LogP contribution in [-0.4, -0.2) is 6.71 Å². The van der Waals surface area contributed by atoms with Gasteiger partial charge in [0.25, 0.3) is 0 Å². The normalized spacial score (nSPS) is 32.7. The fourth-order valence-corrected chi connectivity index (χ4v) is 3.62. The van der Waals surface area contributed by atoms with E-state index in [0.717, 1.165) is 12.6 Å². The van der Waals surface area contributed by atoms with E-state index >= 15 is 0 Å². The van der Waals surface area contributed by atoms with Crippen molar-refractivity contribution in [1.82, 2.24) is 0 Å². The van der Waals surface area contributed by atoms with E-state index in [1.165, 1.54) is 31.9 Å². The maximum absolute atomic E-state index is 2.59. The van der Waals surface area contributed by atoms with Crippen molar-refractivity contribution in [2.45, 2.75) is 66.5 Å². The van der Waals surface area contributed by atoms with Crippen LogP contribution in [0.1, 0.15) is 53.9 Å². The number of hydrogen-bond acceptors (Lipinski definition) is 0. The van der Waals surface area contributed by atoms with Crippen LogP contribution in [0.15, 0.2) is 11.5 Å². The first-order chi connectivity index (χ1) is 7.32. The van der Waals surface area contributed by atoms with Crippen LogP contribution in [-0.2, 0) is 0 Å². The molecule has 2 rings (SSSR count). The van der Waals surface area contributed by atoms with Gasteiger partial charge < -0.3 is 0 Å². The molecule has 0 aromatic rings. The van der Waals surface area contributed by atoms with Gasteiger partial charge in [-0.15, -0.1) is 5.47 Å². The molecule has 1 heterocycles.